The van der Waals surface area contributed by atoms with Crippen molar-refractivity contribution in [1.29, 1.82) is 0 Å². The van der Waals surface area contributed by atoms with E-state index < -0.39 is 0 Å². The molecular weight excluding hydrogens is 354 g/mol. The third kappa shape index (κ3) is 4.28. The SMILES string of the molecule is CCCNC(C)c1ccc(Sc2nnc(C)s2)c(Br)c1. The van der Waals surface area contributed by atoms with E-state index in [1.165, 1.54) is 10.5 Å². The van der Waals surface area contributed by atoms with Crippen molar-refractivity contribution in [3.63, 3.8) is 0 Å². The zero-order chi connectivity index (χ0) is 14.5. The number of benzene rings is 1. The molecule has 0 bridgehead atoms. The molecule has 3 nitrogen and oxygen atoms in total. The topological polar surface area (TPSA) is 37.8 Å². The number of rotatable bonds is 6. The zero-order valence-electron chi connectivity index (χ0n) is 11.8. The summed E-state index contributed by atoms with van der Waals surface area (Å²) in [5.41, 5.74) is 1.29. The lowest BCUT2D eigenvalue weighted by Gasteiger charge is -2.14. The fourth-order valence-electron chi connectivity index (χ4n) is 1.76. The molecule has 1 atom stereocenters. The molecule has 0 aliphatic rings. The molecule has 1 unspecified atom stereocenters. The third-order valence-electron chi connectivity index (χ3n) is 2.86. The molecule has 0 fully saturated rings. The number of hydrogen-bond donors (Lipinski definition) is 1. The molecule has 0 aliphatic heterocycles. The van der Waals surface area contributed by atoms with Crippen molar-refractivity contribution in [2.24, 2.45) is 0 Å². The molecule has 0 aliphatic carbocycles. The minimum Gasteiger partial charge on any atom is -0.310 e. The van der Waals surface area contributed by atoms with E-state index in [-0.39, 0.29) is 0 Å². The summed E-state index contributed by atoms with van der Waals surface area (Å²) >= 11 is 6.93. The minimum absolute atomic E-state index is 0.370. The Morgan fingerprint density at radius 2 is 2.20 bits per heavy atom. The van der Waals surface area contributed by atoms with Crippen molar-refractivity contribution in [3.8, 4) is 0 Å². The Bertz CT molecular complexity index is 571. The molecule has 1 heterocycles. The summed E-state index contributed by atoms with van der Waals surface area (Å²) < 4.78 is 2.09. The maximum Gasteiger partial charge on any atom is 0.179 e. The molecule has 6 heteroatoms. The van der Waals surface area contributed by atoms with Crippen LogP contribution in [0.15, 0.2) is 31.9 Å². The fraction of sp³-hybridized carbons (Fsp3) is 0.429. The monoisotopic (exact) mass is 371 g/mol. The molecule has 0 spiro atoms. The van der Waals surface area contributed by atoms with Gasteiger partial charge in [0.1, 0.15) is 5.01 Å². The molecular formula is C14H18BrN3S2. The predicted molar refractivity (Wildman–Crippen MR) is 89.6 cm³/mol. The van der Waals surface area contributed by atoms with Gasteiger partial charge in [-0.15, -0.1) is 10.2 Å². The Hall–Kier alpha value is -0.430. The summed E-state index contributed by atoms with van der Waals surface area (Å²) in [6.45, 7) is 7.39. The van der Waals surface area contributed by atoms with Crippen molar-refractivity contribution in [2.45, 2.75) is 42.5 Å². The van der Waals surface area contributed by atoms with Gasteiger partial charge in [0.2, 0.25) is 0 Å². The molecule has 2 rings (SSSR count). The van der Waals surface area contributed by atoms with Gasteiger partial charge in [-0.1, -0.05) is 36.1 Å². The first kappa shape index (κ1) is 15.9. The van der Waals surface area contributed by atoms with Crippen LogP contribution in [0.4, 0.5) is 0 Å². The van der Waals surface area contributed by atoms with Crippen molar-refractivity contribution < 1.29 is 0 Å². The molecule has 0 amide bonds. The van der Waals surface area contributed by atoms with E-state index in [4.69, 9.17) is 0 Å². The Morgan fingerprint density at radius 1 is 1.40 bits per heavy atom. The molecule has 1 aromatic heterocycles. The minimum atomic E-state index is 0.370. The Labute approximate surface area is 136 Å². The van der Waals surface area contributed by atoms with Gasteiger partial charge < -0.3 is 5.32 Å². The highest BCUT2D eigenvalue weighted by molar-refractivity contribution is 9.10. The maximum atomic E-state index is 4.15. The molecule has 20 heavy (non-hydrogen) atoms. The third-order valence-corrected chi connectivity index (χ3v) is 5.75. The van der Waals surface area contributed by atoms with E-state index >= 15 is 0 Å². The highest BCUT2D eigenvalue weighted by Crippen LogP contribution is 2.36. The van der Waals surface area contributed by atoms with Crippen LogP contribution in [-0.2, 0) is 0 Å². The summed E-state index contributed by atoms with van der Waals surface area (Å²) in [6.07, 6.45) is 1.15. The van der Waals surface area contributed by atoms with Crippen LogP contribution in [0.3, 0.4) is 0 Å². The van der Waals surface area contributed by atoms with Crippen LogP contribution in [0.1, 0.15) is 36.9 Å². The average Bonchev–Trinajstić information content (AvgIpc) is 2.83. The van der Waals surface area contributed by atoms with Crippen molar-refractivity contribution >= 4 is 39.0 Å². The molecule has 0 radical (unpaired) electrons. The molecule has 0 saturated carbocycles. The van der Waals surface area contributed by atoms with Crippen molar-refractivity contribution in [2.75, 3.05) is 6.54 Å². The van der Waals surface area contributed by atoms with E-state index in [1.807, 2.05) is 6.92 Å². The van der Waals surface area contributed by atoms with Crippen molar-refractivity contribution in [1.82, 2.24) is 15.5 Å². The highest BCUT2D eigenvalue weighted by atomic mass is 79.9. The lowest BCUT2D eigenvalue weighted by molar-refractivity contribution is 0.570. The second-order valence-corrected chi connectivity index (χ2v) is 7.88. The van der Waals surface area contributed by atoms with Gasteiger partial charge in [-0.05, 0) is 60.4 Å². The van der Waals surface area contributed by atoms with Gasteiger partial charge in [0.25, 0.3) is 0 Å². The lowest BCUT2D eigenvalue weighted by atomic mass is 10.1. The molecule has 108 valence electrons. The van der Waals surface area contributed by atoms with Crippen LogP contribution in [0.2, 0.25) is 0 Å². The summed E-state index contributed by atoms with van der Waals surface area (Å²) in [7, 11) is 0. The van der Waals surface area contributed by atoms with Gasteiger partial charge in [0, 0.05) is 15.4 Å². The normalized spacial score (nSPS) is 12.6. The quantitative estimate of drug-likeness (QED) is 0.789. The van der Waals surface area contributed by atoms with E-state index in [0.717, 1.165) is 26.8 Å². The van der Waals surface area contributed by atoms with Crippen LogP contribution in [0.5, 0.6) is 0 Å². The Balaban J connectivity index is 2.09. The van der Waals surface area contributed by atoms with Crippen LogP contribution >= 0.6 is 39.0 Å². The van der Waals surface area contributed by atoms with E-state index in [0.29, 0.717) is 6.04 Å². The smallest absolute Gasteiger partial charge is 0.179 e. The molecule has 1 aromatic carbocycles. The van der Waals surface area contributed by atoms with Gasteiger partial charge in [-0.2, -0.15) is 0 Å². The lowest BCUT2D eigenvalue weighted by Crippen LogP contribution is -2.19. The van der Waals surface area contributed by atoms with E-state index in [2.05, 4.69) is 63.5 Å². The summed E-state index contributed by atoms with van der Waals surface area (Å²) in [6, 6.07) is 6.87. The Morgan fingerprint density at radius 3 is 2.80 bits per heavy atom. The first-order chi connectivity index (χ1) is 9.60. The first-order valence-corrected chi connectivity index (χ1v) is 9.03. The number of nitrogens with one attached hydrogen (secondary N) is 1. The van der Waals surface area contributed by atoms with Gasteiger partial charge >= 0.3 is 0 Å². The van der Waals surface area contributed by atoms with Crippen LogP contribution in [0, 0.1) is 6.92 Å². The number of aryl methyl sites for hydroxylation is 1. The zero-order valence-corrected chi connectivity index (χ0v) is 15.0. The summed E-state index contributed by atoms with van der Waals surface area (Å²) in [4.78, 5) is 1.17. The van der Waals surface area contributed by atoms with Crippen LogP contribution in [0.25, 0.3) is 0 Å². The maximum absolute atomic E-state index is 4.15. The fourth-order valence-corrected chi connectivity index (χ4v) is 4.18. The standard InChI is InChI=1S/C14H18BrN3S2/c1-4-7-16-9(2)11-5-6-13(12(15)8-11)20-14-18-17-10(3)19-14/h5-6,8-9,16H,4,7H2,1-3H3. The number of aromatic nitrogens is 2. The second-order valence-electron chi connectivity index (χ2n) is 4.55. The van der Waals surface area contributed by atoms with Gasteiger partial charge in [-0.25, -0.2) is 0 Å². The predicted octanol–water partition coefficient (Wildman–Crippen LogP) is 4.82. The van der Waals surface area contributed by atoms with Crippen LogP contribution in [-0.4, -0.2) is 16.7 Å². The molecule has 2 aromatic rings. The first-order valence-electron chi connectivity index (χ1n) is 6.61. The second kappa shape index (κ2) is 7.54. The summed E-state index contributed by atoms with van der Waals surface area (Å²) in [5.74, 6) is 0. The van der Waals surface area contributed by atoms with E-state index in [1.54, 1.807) is 23.1 Å². The van der Waals surface area contributed by atoms with E-state index in [9.17, 15) is 0 Å². The molecule has 0 saturated heterocycles. The van der Waals surface area contributed by atoms with Crippen molar-refractivity contribution in [3.05, 3.63) is 33.2 Å². The van der Waals surface area contributed by atoms with Gasteiger partial charge in [0.05, 0.1) is 0 Å². The number of nitrogens with zero attached hydrogens (tertiary/aromatic N) is 2. The molecule has 1 N–H and O–H groups in total. The van der Waals surface area contributed by atoms with Gasteiger partial charge in [-0.3, -0.25) is 0 Å². The number of hydrogen-bond acceptors (Lipinski definition) is 5. The highest BCUT2D eigenvalue weighted by Gasteiger charge is 2.10. The van der Waals surface area contributed by atoms with Crippen LogP contribution < -0.4 is 5.32 Å². The largest absolute Gasteiger partial charge is 0.310 e. The summed E-state index contributed by atoms with van der Waals surface area (Å²) in [5, 5.41) is 12.7. The average molecular weight is 372 g/mol. The van der Waals surface area contributed by atoms with Gasteiger partial charge in [0.15, 0.2) is 4.34 Å². The number of halogens is 1. The Kier molecular flexibility index (Phi) is 6.01.